The van der Waals surface area contributed by atoms with Crippen LogP contribution in [0, 0.1) is 0 Å². The highest BCUT2D eigenvalue weighted by molar-refractivity contribution is 6.34. The Morgan fingerprint density at radius 1 is 0.800 bits per heavy atom. The zero-order chi connectivity index (χ0) is 29.3. The van der Waals surface area contributed by atoms with Gasteiger partial charge in [-0.1, -0.05) is 66.2 Å². The number of benzene rings is 3. The van der Waals surface area contributed by atoms with Crippen molar-refractivity contribution in [3.8, 4) is 0 Å². The van der Waals surface area contributed by atoms with E-state index < -0.39 is 34.9 Å². The van der Waals surface area contributed by atoms with E-state index in [1.165, 1.54) is 36.4 Å². The molecular formula is C28H26ClF6N3O2. The second-order valence-electron chi connectivity index (χ2n) is 8.93. The summed E-state index contributed by atoms with van der Waals surface area (Å²) >= 11 is 5.90. The van der Waals surface area contributed by atoms with E-state index in [4.69, 9.17) is 11.6 Å². The van der Waals surface area contributed by atoms with Crippen molar-refractivity contribution in [3.05, 3.63) is 106 Å². The van der Waals surface area contributed by atoms with Crippen LogP contribution < -0.4 is 10.6 Å². The van der Waals surface area contributed by atoms with Crippen molar-refractivity contribution >= 4 is 23.4 Å². The van der Waals surface area contributed by atoms with Gasteiger partial charge in [0.1, 0.15) is 0 Å². The van der Waals surface area contributed by atoms with Gasteiger partial charge in [-0.25, -0.2) is 0 Å². The van der Waals surface area contributed by atoms with Gasteiger partial charge in [-0.15, -0.1) is 0 Å². The number of likely N-dealkylation sites (tertiary alicyclic amines) is 1. The van der Waals surface area contributed by atoms with Crippen LogP contribution >= 0.6 is 11.6 Å². The summed E-state index contributed by atoms with van der Waals surface area (Å²) in [5, 5.41) is 3.19. The minimum Gasteiger partial charge on any atom is -0.344 e. The third-order valence-corrected chi connectivity index (χ3v) is 6.39. The topological polar surface area (TPSA) is 61.4 Å². The lowest BCUT2D eigenvalue weighted by atomic mass is 10.0. The van der Waals surface area contributed by atoms with E-state index in [2.05, 4.69) is 10.2 Å². The highest BCUT2D eigenvalue weighted by Gasteiger charge is 2.35. The molecule has 2 amide bonds. The Hall–Kier alpha value is -3.57. The van der Waals surface area contributed by atoms with Crippen LogP contribution in [-0.4, -0.2) is 42.6 Å². The number of hydrogen-bond donors (Lipinski definition) is 2. The van der Waals surface area contributed by atoms with Crippen molar-refractivity contribution < 1.29 is 35.9 Å². The molecule has 1 atom stereocenters. The average Bonchev–Trinajstić information content (AvgIpc) is 3.41. The molecule has 1 aliphatic heterocycles. The minimum absolute atomic E-state index is 0.0141. The monoisotopic (exact) mass is 585 g/mol. The molecule has 5 nitrogen and oxygen atoms in total. The summed E-state index contributed by atoms with van der Waals surface area (Å²) in [5.41, 5.74) is -0.290. The van der Waals surface area contributed by atoms with E-state index in [1.807, 2.05) is 30.3 Å². The van der Waals surface area contributed by atoms with Crippen molar-refractivity contribution in [3.63, 3.8) is 0 Å². The van der Waals surface area contributed by atoms with Gasteiger partial charge in [-0.3, -0.25) is 14.9 Å². The lowest BCUT2D eigenvalue weighted by Gasteiger charge is -2.25. The van der Waals surface area contributed by atoms with Crippen LogP contribution in [0.4, 0.5) is 26.3 Å². The number of nitrogens with zero attached hydrogens (tertiary/aromatic N) is 1. The van der Waals surface area contributed by atoms with E-state index >= 15 is 0 Å². The molecule has 214 valence electrons. The SMILES string of the molecule is O=C(NC(F)(F)F)c1ccccc1.O=C(N[C@@H](CN1CCCC1)c1ccccc1)c1cccc(C(F)(F)F)c1Cl. The van der Waals surface area contributed by atoms with Crippen molar-refractivity contribution in [1.29, 1.82) is 0 Å². The fourth-order valence-electron chi connectivity index (χ4n) is 4.10. The van der Waals surface area contributed by atoms with Crippen LogP contribution in [0.2, 0.25) is 5.02 Å². The lowest BCUT2D eigenvalue weighted by molar-refractivity contribution is -0.146. The van der Waals surface area contributed by atoms with Gasteiger partial charge in [0, 0.05) is 12.1 Å². The van der Waals surface area contributed by atoms with Crippen LogP contribution in [-0.2, 0) is 6.18 Å². The summed E-state index contributed by atoms with van der Waals surface area (Å²) in [6.45, 7) is 2.50. The molecule has 3 aromatic carbocycles. The van der Waals surface area contributed by atoms with Crippen LogP contribution in [0.1, 0.15) is 50.7 Å². The molecule has 1 heterocycles. The van der Waals surface area contributed by atoms with Gasteiger partial charge in [0.2, 0.25) is 0 Å². The summed E-state index contributed by atoms with van der Waals surface area (Å²) in [7, 11) is 0. The molecular weight excluding hydrogens is 560 g/mol. The highest BCUT2D eigenvalue weighted by Crippen LogP contribution is 2.36. The first-order valence-electron chi connectivity index (χ1n) is 12.2. The maximum Gasteiger partial charge on any atom is 0.484 e. The molecule has 40 heavy (non-hydrogen) atoms. The quantitative estimate of drug-likeness (QED) is 0.245. The first-order chi connectivity index (χ1) is 18.8. The number of rotatable bonds is 6. The largest absolute Gasteiger partial charge is 0.484 e. The first kappa shape index (κ1) is 31.0. The maximum absolute atomic E-state index is 13.1. The summed E-state index contributed by atoms with van der Waals surface area (Å²) in [6, 6.07) is 19.7. The normalized spacial score (nSPS) is 14.6. The van der Waals surface area contributed by atoms with E-state index in [0.29, 0.717) is 6.54 Å². The third-order valence-electron chi connectivity index (χ3n) is 5.99. The molecule has 0 radical (unpaired) electrons. The standard InChI is InChI=1S/C20H20ClF3N2O.C8H6F3NO/c21-18-15(9-6-10-16(18)20(22,23)24)19(27)25-17(13-26-11-4-5-12-26)14-7-2-1-3-8-14;9-8(10,11)12-7(13)6-4-2-1-3-5-6/h1-3,6-10,17H,4-5,11-13H2,(H,25,27);1-5H,(H,12,13)/t17-;/m0./s1. The van der Waals surface area contributed by atoms with Crippen molar-refractivity contribution in [2.45, 2.75) is 31.4 Å². The number of nitrogens with one attached hydrogen (secondary N) is 2. The van der Waals surface area contributed by atoms with Gasteiger partial charge in [0.05, 0.1) is 22.2 Å². The summed E-state index contributed by atoms with van der Waals surface area (Å²) < 4.78 is 74.2. The molecule has 12 heteroatoms. The molecule has 4 rings (SSSR count). The number of carbonyl (C=O) groups excluding carboxylic acids is 2. The van der Waals surface area contributed by atoms with E-state index in [0.717, 1.165) is 42.9 Å². The molecule has 0 aliphatic carbocycles. The number of amides is 2. The fraction of sp³-hybridized carbons (Fsp3) is 0.286. The number of carbonyl (C=O) groups is 2. The zero-order valence-corrected chi connectivity index (χ0v) is 21.8. The minimum atomic E-state index is -4.67. The number of halogens is 7. The van der Waals surface area contributed by atoms with E-state index in [-0.39, 0.29) is 17.2 Å². The zero-order valence-electron chi connectivity index (χ0n) is 21.0. The third kappa shape index (κ3) is 9.27. The molecule has 0 unspecified atom stereocenters. The maximum atomic E-state index is 13.1. The summed E-state index contributed by atoms with van der Waals surface area (Å²) in [5.74, 6) is -1.76. The summed E-state index contributed by atoms with van der Waals surface area (Å²) in [6.07, 6.45) is -7.07. The second kappa shape index (κ2) is 13.7. The Labute approximate surface area is 232 Å². The second-order valence-corrected chi connectivity index (χ2v) is 9.31. The van der Waals surface area contributed by atoms with Gasteiger partial charge in [0.15, 0.2) is 0 Å². The molecule has 0 aromatic heterocycles. The molecule has 3 aromatic rings. The van der Waals surface area contributed by atoms with Gasteiger partial charge >= 0.3 is 12.5 Å². The highest BCUT2D eigenvalue weighted by atomic mass is 35.5. The van der Waals surface area contributed by atoms with Crippen molar-refractivity contribution in [2.75, 3.05) is 19.6 Å². The van der Waals surface area contributed by atoms with Gasteiger partial charge in [0.25, 0.3) is 11.8 Å². The number of alkyl halides is 6. The predicted octanol–water partition coefficient (Wildman–Crippen LogP) is 6.86. The Balaban J connectivity index is 0.000000285. The molecule has 0 spiro atoms. The van der Waals surface area contributed by atoms with Crippen LogP contribution in [0.15, 0.2) is 78.9 Å². The molecule has 1 fully saturated rings. The van der Waals surface area contributed by atoms with Gasteiger partial charge < -0.3 is 10.2 Å². The fourth-order valence-corrected chi connectivity index (χ4v) is 4.41. The predicted molar refractivity (Wildman–Crippen MR) is 139 cm³/mol. The molecule has 1 saturated heterocycles. The Kier molecular flexibility index (Phi) is 10.6. The molecule has 1 aliphatic rings. The number of hydrogen-bond acceptors (Lipinski definition) is 3. The van der Waals surface area contributed by atoms with Gasteiger partial charge in [-0.05, 0) is 55.8 Å². The Morgan fingerprint density at radius 3 is 1.93 bits per heavy atom. The van der Waals surface area contributed by atoms with Crippen LogP contribution in [0.3, 0.4) is 0 Å². The molecule has 2 N–H and O–H groups in total. The van der Waals surface area contributed by atoms with E-state index in [1.54, 1.807) is 6.07 Å². The van der Waals surface area contributed by atoms with Gasteiger partial charge in [-0.2, -0.15) is 26.3 Å². The summed E-state index contributed by atoms with van der Waals surface area (Å²) in [4.78, 5) is 25.8. The Morgan fingerprint density at radius 2 is 1.38 bits per heavy atom. The lowest BCUT2D eigenvalue weighted by Crippen LogP contribution is -2.37. The van der Waals surface area contributed by atoms with Crippen LogP contribution in [0.5, 0.6) is 0 Å². The first-order valence-corrected chi connectivity index (χ1v) is 12.6. The van der Waals surface area contributed by atoms with Crippen molar-refractivity contribution in [2.24, 2.45) is 0 Å². The Bertz CT molecular complexity index is 1260. The average molecular weight is 586 g/mol. The molecule has 0 saturated carbocycles. The van der Waals surface area contributed by atoms with Crippen molar-refractivity contribution in [1.82, 2.24) is 15.5 Å². The smallest absolute Gasteiger partial charge is 0.344 e. The van der Waals surface area contributed by atoms with Crippen LogP contribution in [0.25, 0.3) is 0 Å². The van der Waals surface area contributed by atoms with E-state index in [9.17, 15) is 35.9 Å². The molecule has 0 bridgehead atoms.